The van der Waals surface area contributed by atoms with Gasteiger partial charge in [-0.1, -0.05) is 19.1 Å². The number of carbonyl (C=O) groups excluding carboxylic acids is 1. The van der Waals surface area contributed by atoms with Crippen molar-refractivity contribution >= 4 is 11.9 Å². The van der Waals surface area contributed by atoms with Crippen LogP contribution in [0.15, 0.2) is 53.6 Å². The normalized spacial score (nSPS) is 19.0. The molecule has 164 valence electrons. The van der Waals surface area contributed by atoms with Gasteiger partial charge in [0.05, 0.1) is 28.4 Å². The zero-order valence-electron chi connectivity index (χ0n) is 19.0. The highest BCUT2D eigenvalue weighted by molar-refractivity contribution is 5.98. The van der Waals surface area contributed by atoms with Gasteiger partial charge in [-0.05, 0) is 65.3 Å². The van der Waals surface area contributed by atoms with E-state index >= 15 is 0 Å². The van der Waals surface area contributed by atoms with Gasteiger partial charge >= 0.3 is 0 Å². The Balaban J connectivity index is 1.97. The number of carbonyl (C=O) groups is 1. The van der Waals surface area contributed by atoms with Crippen molar-refractivity contribution in [2.45, 2.75) is 26.2 Å². The smallest absolute Gasteiger partial charge is 0.159 e. The van der Waals surface area contributed by atoms with E-state index in [1.54, 1.807) is 28.4 Å². The average Bonchev–Trinajstić information content (AvgIpc) is 2.80. The quantitative estimate of drug-likeness (QED) is 0.594. The Hall–Kier alpha value is -3.21. The Morgan fingerprint density at radius 1 is 0.774 bits per heavy atom. The fourth-order valence-corrected chi connectivity index (χ4v) is 4.09. The molecular formula is C26H30O5. The third kappa shape index (κ3) is 4.93. The van der Waals surface area contributed by atoms with Crippen LogP contribution in [0.3, 0.4) is 0 Å². The highest BCUT2D eigenvalue weighted by atomic mass is 16.5. The molecule has 0 fully saturated rings. The number of Topliss-reactive ketones (excluding diaryl/α,β-unsaturated/α-hetero) is 1. The molecule has 1 aliphatic carbocycles. The molecule has 1 aliphatic rings. The molecule has 2 unspecified atom stereocenters. The lowest BCUT2D eigenvalue weighted by atomic mass is 9.72. The van der Waals surface area contributed by atoms with Crippen LogP contribution in [-0.2, 0) is 4.79 Å². The SMILES string of the molecule is COc1cc(C=CC2=C(C)C(=O)CC(c3cc(OC)cc(OC)c3)C2C)cc(OC)c1. The predicted molar refractivity (Wildman–Crippen MR) is 122 cm³/mol. The second kappa shape index (κ2) is 9.73. The van der Waals surface area contributed by atoms with Gasteiger partial charge in [0.15, 0.2) is 5.78 Å². The first-order chi connectivity index (χ1) is 14.9. The van der Waals surface area contributed by atoms with Crippen LogP contribution in [0.4, 0.5) is 0 Å². The summed E-state index contributed by atoms with van der Waals surface area (Å²) in [5.74, 6) is 3.24. The Bertz CT molecular complexity index is 974. The molecule has 0 saturated heterocycles. The van der Waals surface area contributed by atoms with Crippen molar-refractivity contribution in [1.82, 2.24) is 0 Å². The minimum Gasteiger partial charge on any atom is -0.497 e. The zero-order chi connectivity index (χ0) is 22.5. The van der Waals surface area contributed by atoms with Crippen LogP contribution in [-0.4, -0.2) is 34.2 Å². The number of rotatable bonds is 7. The number of hydrogen-bond donors (Lipinski definition) is 0. The van der Waals surface area contributed by atoms with E-state index in [0.29, 0.717) is 6.42 Å². The summed E-state index contributed by atoms with van der Waals surface area (Å²) in [5.41, 5.74) is 3.83. The number of hydrogen-bond acceptors (Lipinski definition) is 5. The second-order valence-corrected chi connectivity index (χ2v) is 7.73. The van der Waals surface area contributed by atoms with Gasteiger partial charge in [-0.2, -0.15) is 0 Å². The molecule has 2 aromatic rings. The van der Waals surface area contributed by atoms with Crippen LogP contribution in [0.5, 0.6) is 23.0 Å². The summed E-state index contributed by atoms with van der Waals surface area (Å²) in [7, 11) is 6.52. The molecule has 2 aromatic carbocycles. The molecule has 0 radical (unpaired) electrons. The Kier molecular flexibility index (Phi) is 7.06. The fraction of sp³-hybridized carbons (Fsp3) is 0.346. The van der Waals surface area contributed by atoms with Crippen molar-refractivity contribution in [3.05, 3.63) is 64.7 Å². The molecule has 5 heteroatoms. The highest BCUT2D eigenvalue weighted by Gasteiger charge is 2.32. The summed E-state index contributed by atoms with van der Waals surface area (Å²) in [4.78, 5) is 12.9. The molecule has 31 heavy (non-hydrogen) atoms. The second-order valence-electron chi connectivity index (χ2n) is 7.73. The van der Waals surface area contributed by atoms with Gasteiger partial charge in [0.2, 0.25) is 0 Å². The van der Waals surface area contributed by atoms with E-state index in [1.165, 1.54) is 0 Å². The molecule has 0 aromatic heterocycles. The summed E-state index contributed by atoms with van der Waals surface area (Å²) in [6.45, 7) is 4.07. The topological polar surface area (TPSA) is 54.0 Å². The number of ketones is 1. The first-order valence-electron chi connectivity index (χ1n) is 10.3. The van der Waals surface area contributed by atoms with Gasteiger partial charge < -0.3 is 18.9 Å². The van der Waals surface area contributed by atoms with E-state index in [1.807, 2.05) is 55.5 Å². The summed E-state index contributed by atoms with van der Waals surface area (Å²) >= 11 is 0. The minimum atomic E-state index is 0.0414. The average molecular weight is 423 g/mol. The number of benzene rings is 2. The lowest BCUT2D eigenvalue weighted by Gasteiger charge is -2.31. The Morgan fingerprint density at radius 3 is 1.74 bits per heavy atom. The van der Waals surface area contributed by atoms with Crippen molar-refractivity contribution in [1.29, 1.82) is 0 Å². The van der Waals surface area contributed by atoms with Gasteiger partial charge in [0, 0.05) is 18.6 Å². The van der Waals surface area contributed by atoms with Crippen LogP contribution >= 0.6 is 0 Å². The summed E-state index contributed by atoms with van der Waals surface area (Å²) in [6, 6.07) is 11.5. The lowest BCUT2D eigenvalue weighted by molar-refractivity contribution is -0.116. The van der Waals surface area contributed by atoms with Crippen molar-refractivity contribution in [2.24, 2.45) is 5.92 Å². The van der Waals surface area contributed by atoms with E-state index in [0.717, 1.165) is 45.3 Å². The van der Waals surface area contributed by atoms with Gasteiger partial charge in [-0.3, -0.25) is 4.79 Å². The maximum atomic E-state index is 12.9. The van der Waals surface area contributed by atoms with Gasteiger partial charge in [0.1, 0.15) is 23.0 Å². The van der Waals surface area contributed by atoms with Crippen molar-refractivity contribution in [3.8, 4) is 23.0 Å². The third-order valence-electron chi connectivity index (χ3n) is 5.98. The van der Waals surface area contributed by atoms with E-state index in [4.69, 9.17) is 18.9 Å². The first-order valence-corrected chi connectivity index (χ1v) is 10.3. The van der Waals surface area contributed by atoms with Gasteiger partial charge in [-0.15, -0.1) is 0 Å². The molecule has 5 nitrogen and oxygen atoms in total. The van der Waals surface area contributed by atoms with E-state index in [-0.39, 0.29) is 17.6 Å². The largest absolute Gasteiger partial charge is 0.497 e. The third-order valence-corrected chi connectivity index (χ3v) is 5.98. The van der Waals surface area contributed by atoms with Crippen LogP contribution in [0.1, 0.15) is 37.3 Å². The summed E-state index contributed by atoms with van der Waals surface area (Å²) in [5, 5.41) is 0. The fourth-order valence-electron chi connectivity index (χ4n) is 4.09. The molecule has 0 heterocycles. The molecule has 0 N–H and O–H groups in total. The van der Waals surface area contributed by atoms with Crippen LogP contribution in [0, 0.1) is 5.92 Å². The van der Waals surface area contributed by atoms with Crippen LogP contribution < -0.4 is 18.9 Å². The molecular weight excluding hydrogens is 392 g/mol. The van der Waals surface area contributed by atoms with Gasteiger partial charge in [-0.25, -0.2) is 0 Å². The summed E-state index contributed by atoms with van der Waals surface area (Å²) < 4.78 is 21.6. The number of ether oxygens (including phenoxy) is 4. The predicted octanol–water partition coefficient (Wildman–Crippen LogP) is 5.44. The Morgan fingerprint density at radius 2 is 1.26 bits per heavy atom. The molecule has 0 spiro atoms. The van der Waals surface area contributed by atoms with Crippen molar-refractivity contribution < 1.29 is 23.7 Å². The first kappa shape index (κ1) is 22.5. The van der Waals surface area contributed by atoms with Crippen LogP contribution in [0.25, 0.3) is 6.08 Å². The molecule has 0 aliphatic heterocycles. The Labute approximate surface area is 184 Å². The van der Waals surface area contributed by atoms with Crippen molar-refractivity contribution in [2.75, 3.05) is 28.4 Å². The molecule has 3 rings (SSSR count). The number of allylic oxidation sites excluding steroid dienone is 3. The highest BCUT2D eigenvalue weighted by Crippen LogP contribution is 2.42. The van der Waals surface area contributed by atoms with E-state index < -0.39 is 0 Å². The molecule has 0 bridgehead atoms. The summed E-state index contributed by atoms with van der Waals surface area (Å²) in [6.07, 6.45) is 4.51. The number of methoxy groups -OCH3 is 4. The van der Waals surface area contributed by atoms with E-state index in [2.05, 4.69) is 6.92 Å². The molecule has 0 amide bonds. The van der Waals surface area contributed by atoms with Crippen molar-refractivity contribution in [3.63, 3.8) is 0 Å². The minimum absolute atomic E-state index is 0.0414. The maximum absolute atomic E-state index is 12.9. The van der Waals surface area contributed by atoms with Gasteiger partial charge in [0.25, 0.3) is 0 Å². The maximum Gasteiger partial charge on any atom is 0.159 e. The monoisotopic (exact) mass is 422 g/mol. The molecule has 2 atom stereocenters. The standard InChI is InChI=1S/C26H30O5/c1-16-24(8-7-18-9-20(28-3)13-21(10-18)29-4)17(2)26(27)15-25(16)19-11-22(30-5)14-23(12-19)31-6/h7-14,16,25H,15H2,1-6H3. The van der Waals surface area contributed by atoms with Crippen LogP contribution in [0.2, 0.25) is 0 Å². The zero-order valence-corrected chi connectivity index (χ0v) is 19.0. The van der Waals surface area contributed by atoms with E-state index in [9.17, 15) is 4.79 Å². The lowest BCUT2D eigenvalue weighted by Crippen LogP contribution is -2.24. The molecule has 0 saturated carbocycles.